The summed E-state index contributed by atoms with van der Waals surface area (Å²) in [7, 11) is 0. The third-order valence-electron chi connectivity index (χ3n) is 3.79. The molecule has 1 aromatic carbocycles. The highest BCUT2D eigenvalue weighted by molar-refractivity contribution is 6.00. The molecular weight excluding hydrogens is 212 g/mol. The lowest BCUT2D eigenvalue weighted by atomic mass is 10.0. The van der Waals surface area contributed by atoms with Gasteiger partial charge in [0.2, 0.25) is 0 Å². The highest BCUT2D eigenvalue weighted by atomic mass is 16.2. The molecule has 0 radical (unpaired) electrons. The Balaban J connectivity index is 2.27. The first-order valence-corrected chi connectivity index (χ1v) is 6.15. The summed E-state index contributed by atoms with van der Waals surface area (Å²) in [5.41, 5.74) is 8.13. The van der Waals surface area contributed by atoms with Gasteiger partial charge in [-0.05, 0) is 30.4 Å². The average molecular weight is 232 g/mol. The first kappa shape index (κ1) is 12.0. The van der Waals surface area contributed by atoms with E-state index < -0.39 is 0 Å². The van der Waals surface area contributed by atoms with Crippen LogP contribution in [-0.2, 0) is 0 Å². The second kappa shape index (κ2) is 4.40. The zero-order chi connectivity index (χ0) is 12.6. The van der Waals surface area contributed by atoms with Crippen LogP contribution in [0.5, 0.6) is 0 Å². The topological polar surface area (TPSA) is 46.3 Å². The maximum Gasteiger partial charge on any atom is 0.256 e. The van der Waals surface area contributed by atoms with Gasteiger partial charge in [-0.2, -0.15) is 0 Å². The van der Waals surface area contributed by atoms with Crippen molar-refractivity contribution >= 4 is 11.6 Å². The summed E-state index contributed by atoms with van der Waals surface area (Å²) in [6, 6.07) is 5.62. The minimum atomic E-state index is 0.0804. The van der Waals surface area contributed by atoms with Crippen molar-refractivity contribution in [3.05, 3.63) is 29.3 Å². The molecule has 1 saturated heterocycles. The van der Waals surface area contributed by atoms with Gasteiger partial charge in [0.1, 0.15) is 0 Å². The number of nitrogens with zero attached hydrogens (tertiary/aromatic N) is 1. The van der Waals surface area contributed by atoms with Gasteiger partial charge in [-0.15, -0.1) is 0 Å². The van der Waals surface area contributed by atoms with Gasteiger partial charge in [-0.25, -0.2) is 0 Å². The summed E-state index contributed by atoms with van der Waals surface area (Å²) in [4.78, 5) is 14.4. The van der Waals surface area contributed by atoms with Crippen LogP contribution in [0.4, 0.5) is 5.69 Å². The average Bonchev–Trinajstić information content (AvgIpc) is 2.59. The van der Waals surface area contributed by atoms with E-state index in [2.05, 4.69) is 13.8 Å². The van der Waals surface area contributed by atoms with Crippen LogP contribution in [0.3, 0.4) is 0 Å². The highest BCUT2D eigenvalue weighted by Gasteiger charge is 2.31. The largest absolute Gasteiger partial charge is 0.398 e. The minimum Gasteiger partial charge on any atom is -0.398 e. The quantitative estimate of drug-likeness (QED) is 0.755. The molecule has 0 spiro atoms. The van der Waals surface area contributed by atoms with E-state index in [0.29, 0.717) is 23.1 Å². The van der Waals surface area contributed by atoms with Crippen LogP contribution in [0.1, 0.15) is 29.8 Å². The lowest BCUT2D eigenvalue weighted by Gasteiger charge is -2.18. The molecule has 0 saturated carbocycles. The SMILES string of the molecule is Cc1cccc(N)c1C(=O)N1CC(C)C(C)C1. The van der Waals surface area contributed by atoms with Gasteiger partial charge < -0.3 is 10.6 Å². The molecule has 0 aliphatic carbocycles. The molecule has 3 nitrogen and oxygen atoms in total. The van der Waals surface area contributed by atoms with Crippen molar-refractivity contribution in [2.24, 2.45) is 11.8 Å². The van der Waals surface area contributed by atoms with Crippen molar-refractivity contribution in [3.63, 3.8) is 0 Å². The monoisotopic (exact) mass is 232 g/mol. The van der Waals surface area contributed by atoms with Crippen molar-refractivity contribution < 1.29 is 4.79 Å². The number of aryl methyl sites for hydroxylation is 1. The fourth-order valence-electron chi connectivity index (χ4n) is 2.44. The van der Waals surface area contributed by atoms with Gasteiger partial charge >= 0.3 is 0 Å². The molecule has 17 heavy (non-hydrogen) atoms. The molecule has 1 aliphatic rings. The lowest BCUT2D eigenvalue weighted by Crippen LogP contribution is -2.30. The van der Waals surface area contributed by atoms with Gasteiger partial charge in [0.05, 0.1) is 5.56 Å². The number of rotatable bonds is 1. The lowest BCUT2D eigenvalue weighted by molar-refractivity contribution is 0.0785. The van der Waals surface area contributed by atoms with E-state index in [1.807, 2.05) is 24.0 Å². The summed E-state index contributed by atoms with van der Waals surface area (Å²) in [6.07, 6.45) is 0. The fraction of sp³-hybridized carbons (Fsp3) is 0.500. The van der Waals surface area contributed by atoms with Gasteiger partial charge in [0, 0.05) is 18.8 Å². The standard InChI is InChI=1S/C14H20N2O/c1-9-5-4-6-12(15)13(9)14(17)16-7-10(2)11(3)8-16/h4-6,10-11H,7-8,15H2,1-3H3. The number of benzene rings is 1. The van der Waals surface area contributed by atoms with Crippen molar-refractivity contribution in [2.45, 2.75) is 20.8 Å². The number of likely N-dealkylation sites (tertiary alicyclic amines) is 1. The van der Waals surface area contributed by atoms with E-state index in [-0.39, 0.29) is 5.91 Å². The van der Waals surface area contributed by atoms with Crippen LogP contribution >= 0.6 is 0 Å². The normalized spacial score (nSPS) is 24.1. The number of carbonyl (C=O) groups excluding carboxylic acids is 1. The van der Waals surface area contributed by atoms with Crippen LogP contribution in [-0.4, -0.2) is 23.9 Å². The Morgan fingerprint density at radius 3 is 2.41 bits per heavy atom. The molecule has 2 rings (SSSR count). The third kappa shape index (κ3) is 2.14. The summed E-state index contributed by atoms with van der Waals surface area (Å²) >= 11 is 0. The van der Waals surface area contributed by atoms with Crippen LogP contribution in [0, 0.1) is 18.8 Å². The Kier molecular flexibility index (Phi) is 3.09. The number of nitrogen functional groups attached to an aromatic ring is 1. The Labute approximate surface area is 103 Å². The molecule has 2 N–H and O–H groups in total. The first-order valence-electron chi connectivity index (χ1n) is 6.15. The van der Waals surface area contributed by atoms with E-state index in [1.165, 1.54) is 0 Å². The fourth-order valence-corrected chi connectivity index (χ4v) is 2.44. The molecule has 2 atom stereocenters. The number of amides is 1. The molecule has 0 bridgehead atoms. The molecular formula is C14H20N2O. The van der Waals surface area contributed by atoms with Crippen molar-refractivity contribution in [2.75, 3.05) is 18.8 Å². The molecule has 3 heteroatoms. The predicted molar refractivity (Wildman–Crippen MR) is 69.8 cm³/mol. The Morgan fingerprint density at radius 1 is 1.29 bits per heavy atom. The van der Waals surface area contributed by atoms with Gasteiger partial charge in [-0.1, -0.05) is 26.0 Å². The van der Waals surface area contributed by atoms with E-state index in [1.54, 1.807) is 6.07 Å². The zero-order valence-corrected chi connectivity index (χ0v) is 10.7. The summed E-state index contributed by atoms with van der Waals surface area (Å²) in [5, 5.41) is 0. The van der Waals surface area contributed by atoms with Crippen molar-refractivity contribution in [3.8, 4) is 0 Å². The summed E-state index contributed by atoms with van der Waals surface area (Å²) in [5.74, 6) is 1.23. The molecule has 92 valence electrons. The summed E-state index contributed by atoms with van der Waals surface area (Å²) in [6.45, 7) is 8.01. The van der Waals surface area contributed by atoms with Crippen LogP contribution in [0.25, 0.3) is 0 Å². The molecule has 2 unspecified atom stereocenters. The number of carbonyl (C=O) groups is 1. The smallest absolute Gasteiger partial charge is 0.256 e. The van der Waals surface area contributed by atoms with Crippen LogP contribution in [0.2, 0.25) is 0 Å². The minimum absolute atomic E-state index is 0.0804. The molecule has 1 aliphatic heterocycles. The highest BCUT2D eigenvalue weighted by Crippen LogP contribution is 2.26. The van der Waals surface area contributed by atoms with Gasteiger partial charge in [0.15, 0.2) is 0 Å². The second-order valence-electron chi connectivity index (χ2n) is 5.20. The Morgan fingerprint density at radius 2 is 1.88 bits per heavy atom. The van der Waals surface area contributed by atoms with E-state index in [0.717, 1.165) is 18.7 Å². The molecule has 0 aromatic heterocycles. The number of anilines is 1. The number of hydrogen-bond acceptors (Lipinski definition) is 2. The Bertz CT molecular complexity index is 412. The maximum atomic E-state index is 12.4. The second-order valence-corrected chi connectivity index (χ2v) is 5.20. The predicted octanol–water partition coefficient (Wildman–Crippen LogP) is 2.31. The van der Waals surface area contributed by atoms with Crippen molar-refractivity contribution in [1.29, 1.82) is 0 Å². The third-order valence-corrected chi connectivity index (χ3v) is 3.79. The number of nitrogens with two attached hydrogens (primary N) is 1. The van der Waals surface area contributed by atoms with Gasteiger partial charge in [-0.3, -0.25) is 4.79 Å². The zero-order valence-electron chi connectivity index (χ0n) is 10.7. The van der Waals surface area contributed by atoms with Crippen LogP contribution < -0.4 is 5.73 Å². The first-order chi connectivity index (χ1) is 8.00. The molecule has 1 amide bonds. The Hall–Kier alpha value is -1.51. The molecule has 1 heterocycles. The van der Waals surface area contributed by atoms with E-state index in [9.17, 15) is 4.79 Å². The van der Waals surface area contributed by atoms with Crippen molar-refractivity contribution in [1.82, 2.24) is 4.90 Å². The van der Waals surface area contributed by atoms with Crippen LogP contribution in [0.15, 0.2) is 18.2 Å². The van der Waals surface area contributed by atoms with E-state index >= 15 is 0 Å². The maximum absolute atomic E-state index is 12.4. The molecule has 1 fully saturated rings. The molecule has 1 aromatic rings. The van der Waals surface area contributed by atoms with E-state index in [4.69, 9.17) is 5.73 Å². The van der Waals surface area contributed by atoms with Gasteiger partial charge in [0.25, 0.3) is 5.91 Å². The summed E-state index contributed by atoms with van der Waals surface area (Å²) < 4.78 is 0. The number of hydrogen-bond donors (Lipinski definition) is 1.